The molecule has 0 bridgehead atoms. The predicted molar refractivity (Wildman–Crippen MR) is 163 cm³/mol. The van der Waals surface area contributed by atoms with E-state index < -0.39 is 5.60 Å². The molecule has 1 aromatic heterocycles. The Kier molecular flexibility index (Phi) is 8.54. The summed E-state index contributed by atoms with van der Waals surface area (Å²) in [5.74, 6) is 6.71. The van der Waals surface area contributed by atoms with Crippen LogP contribution in [-0.2, 0) is 11.2 Å². The molecule has 1 saturated heterocycles. The fraction of sp³-hybridized carbons (Fsp3) is 0.371. The van der Waals surface area contributed by atoms with Crippen molar-refractivity contribution in [3.05, 3.63) is 94.3 Å². The van der Waals surface area contributed by atoms with Gasteiger partial charge in [0.15, 0.2) is 0 Å². The second-order valence-electron chi connectivity index (χ2n) is 12.0. The lowest BCUT2D eigenvalue weighted by Crippen LogP contribution is -2.55. The Morgan fingerprint density at radius 2 is 1.74 bits per heavy atom. The zero-order valence-electron chi connectivity index (χ0n) is 25.3. The van der Waals surface area contributed by atoms with Gasteiger partial charge in [-0.1, -0.05) is 48.2 Å². The number of nitrogens with zero attached hydrogens (tertiary/aromatic N) is 3. The van der Waals surface area contributed by atoms with Crippen LogP contribution in [0.25, 0.3) is 0 Å². The number of aromatic nitrogens is 1. The molecule has 0 radical (unpaired) electrons. The van der Waals surface area contributed by atoms with Crippen LogP contribution in [0.15, 0.2) is 60.8 Å². The monoisotopic (exact) mass is 579 g/mol. The lowest BCUT2D eigenvalue weighted by atomic mass is 9.99. The van der Waals surface area contributed by atoms with Crippen molar-refractivity contribution in [3.8, 4) is 17.6 Å². The average molecular weight is 580 g/mol. The Hall–Kier alpha value is -4.64. The van der Waals surface area contributed by atoms with Gasteiger partial charge in [-0.25, -0.2) is 4.79 Å². The number of pyridine rings is 1. The summed E-state index contributed by atoms with van der Waals surface area (Å²) < 4.78 is 11.5. The summed E-state index contributed by atoms with van der Waals surface area (Å²) in [5, 5.41) is 0. The Morgan fingerprint density at radius 3 is 2.35 bits per heavy atom. The topological polar surface area (TPSA) is 89.0 Å². The van der Waals surface area contributed by atoms with Gasteiger partial charge < -0.3 is 14.4 Å². The Labute approximate surface area is 253 Å². The summed E-state index contributed by atoms with van der Waals surface area (Å²) in [4.78, 5) is 45.1. The van der Waals surface area contributed by atoms with Gasteiger partial charge >= 0.3 is 6.09 Å². The fourth-order valence-corrected chi connectivity index (χ4v) is 5.01. The first kappa shape index (κ1) is 29.8. The van der Waals surface area contributed by atoms with Crippen LogP contribution in [0.1, 0.15) is 83.1 Å². The maximum absolute atomic E-state index is 12.6. The molecular weight excluding hydrogens is 542 g/mol. The summed E-state index contributed by atoms with van der Waals surface area (Å²) >= 11 is 0. The molecule has 2 aliphatic heterocycles. The quantitative estimate of drug-likeness (QED) is 0.261. The van der Waals surface area contributed by atoms with Gasteiger partial charge in [0.25, 0.3) is 11.8 Å². The van der Waals surface area contributed by atoms with Crippen molar-refractivity contribution in [2.45, 2.75) is 65.0 Å². The number of fused-ring (bicyclic) bond motifs is 1. The lowest BCUT2D eigenvalue weighted by molar-refractivity contribution is -0.0141. The smallest absolute Gasteiger partial charge is 0.410 e. The van der Waals surface area contributed by atoms with Crippen molar-refractivity contribution < 1.29 is 23.9 Å². The van der Waals surface area contributed by atoms with E-state index in [1.807, 2.05) is 65.0 Å². The van der Waals surface area contributed by atoms with E-state index in [0.717, 1.165) is 28.8 Å². The molecule has 43 heavy (non-hydrogen) atoms. The van der Waals surface area contributed by atoms with Crippen molar-refractivity contribution in [2.75, 3.05) is 19.7 Å². The number of hydrogen-bond acceptors (Lipinski definition) is 6. The summed E-state index contributed by atoms with van der Waals surface area (Å²) in [6.45, 7) is 10.9. The number of hydrogen-bond donors (Lipinski definition) is 0. The summed E-state index contributed by atoms with van der Waals surface area (Å²) in [7, 11) is 0. The number of amides is 3. The second kappa shape index (κ2) is 12.3. The molecule has 222 valence electrons. The zero-order valence-corrected chi connectivity index (χ0v) is 25.3. The number of likely N-dealkylation sites (tertiary alicyclic amines) is 1. The van der Waals surface area contributed by atoms with Crippen LogP contribution in [0.2, 0.25) is 0 Å². The first-order chi connectivity index (χ1) is 20.5. The van der Waals surface area contributed by atoms with Crippen LogP contribution in [0.3, 0.4) is 0 Å². The first-order valence-electron chi connectivity index (χ1n) is 14.6. The average Bonchev–Trinajstić information content (AvgIpc) is 3.19. The maximum atomic E-state index is 12.6. The van der Waals surface area contributed by atoms with Crippen molar-refractivity contribution in [1.29, 1.82) is 0 Å². The first-order valence-corrected chi connectivity index (χ1v) is 14.6. The van der Waals surface area contributed by atoms with E-state index in [4.69, 9.17) is 9.47 Å². The molecule has 0 spiro atoms. The molecule has 2 aromatic carbocycles. The number of benzene rings is 2. The Balaban J connectivity index is 1.15. The van der Waals surface area contributed by atoms with E-state index in [9.17, 15) is 14.4 Å². The maximum Gasteiger partial charge on any atom is 0.410 e. The van der Waals surface area contributed by atoms with Gasteiger partial charge in [0.1, 0.15) is 18.0 Å². The molecule has 8 nitrogen and oxygen atoms in total. The molecule has 0 unspecified atom stereocenters. The van der Waals surface area contributed by atoms with E-state index in [1.54, 1.807) is 35.4 Å². The highest BCUT2D eigenvalue weighted by molar-refractivity contribution is 6.21. The van der Waals surface area contributed by atoms with E-state index in [-0.39, 0.29) is 29.9 Å². The molecule has 2 aliphatic rings. The highest BCUT2D eigenvalue weighted by atomic mass is 16.6. The molecule has 0 N–H and O–H groups in total. The lowest BCUT2D eigenvalue weighted by Gasteiger charge is -2.40. The Morgan fingerprint density at radius 1 is 1.07 bits per heavy atom. The van der Waals surface area contributed by atoms with Crippen LogP contribution in [0.5, 0.6) is 5.75 Å². The van der Waals surface area contributed by atoms with Gasteiger partial charge in [0.2, 0.25) is 0 Å². The van der Waals surface area contributed by atoms with E-state index in [1.165, 1.54) is 4.90 Å². The van der Waals surface area contributed by atoms with Crippen LogP contribution in [0.4, 0.5) is 4.79 Å². The van der Waals surface area contributed by atoms with E-state index in [2.05, 4.69) is 16.8 Å². The molecule has 5 rings (SSSR count). The van der Waals surface area contributed by atoms with Gasteiger partial charge in [-0.2, -0.15) is 0 Å². The number of carbonyl (C=O) groups excluding carboxylic acids is 3. The summed E-state index contributed by atoms with van der Waals surface area (Å²) in [6.07, 6.45) is 2.82. The van der Waals surface area contributed by atoms with Crippen LogP contribution >= 0.6 is 0 Å². The van der Waals surface area contributed by atoms with Crippen molar-refractivity contribution >= 4 is 17.9 Å². The second-order valence-corrected chi connectivity index (χ2v) is 12.0. The van der Waals surface area contributed by atoms with Crippen molar-refractivity contribution in [3.63, 3.8) is 0 Å². The van der Waals surface area contributed by atoms with Gasteiger partial charge in [0.05, 0.1) is 29.1 Å². The Bertz CT molecular complexity index is 1560. The number of imide groups is 1. The minimum absolute atomic E-state index is 0.0216. The highest BCUT2D eigenvalue weighted by Gasteiger charge is 2.36. The minimum atomic E-state index is -0.532. The summed E-state index contributed by atoms with van der Waals surface area (Å²) in [5.41, 5.74) is 4.14. The SMILES string of the molecule is Cc1ncc(OC[C@@H]2CCN2C(=O)OC(C)(C)C)cc1C#C[C@@H](C)c1ccc(CCN2C(=O)c3ccccc3C2=O)cc1. The van der Waals surface area contributed by atoms with Gasteiger partial charge in [-0.15, -0.1) is 0 Å². The van der Waals surface area contributed by atoms with Crippen molar-refractivity contribution in [1.82, 2.24) is 14.8 Å². The molecule has 1 fully saturated rings. The molecule has 0 saturated carbocycles. The highest BCUT2D eigenvalue weighted by Crippen LogP contribution is 2.25. The van der Waals surface area contributed by atoms with Gasteiger partial charge in [0, 0.05) is 24.6 Å². The molecule has 3 aromatic rings. The third-order valence-electron chi connectivity index (χ3n) is 7.68. The van der Waals surface area contributed by atoms with Gasteiger partial charge in [-0.3, -0.25) is 19.5 Å². The molecular formula is C35H37N3O5. The largest absolute Gasteiger partial charge is 0.490 e. The van der Waals surface area contributed by atoms with Crippen LogP contribution in [-0.4, -0.2) is 64.0 Å². The molecule has 3 heterocycles. The number of rotatable bonds is 7. The third-order valence-corrected chi connectivity index (χ3v) is 7.68. The number of aryl methyl sites for hydroxylation is 1. The van der Waals surface area contributed by atoms with Crippen LogP contribution in [0, 0.1) is 18.8 Å². The third kappa shape index (κ3) is 6.89. The summed E-state index contributed by atoms with van der Waals surface area (Å²) in [6, 6.07) is 16.9. The van der Waals surface area contributed by atoms with Gasteiger partial charge in [-0.05, 0) is 76.8 Å². The van der Waals surface area contributed by atoms with E-state index >= 15 is 0 Å². The molecule has 2 atom stereocenters. The molecule has 3 amide bonds. The minimum Gasteiger partial charge on any atom is -0.490 e. The standard InChI is InChI=1S/C35H37N3O5/c1-23(26-14-11-25(12-15-26)16-18-38-32(39)30-8-6-7-9-31(30)33(38)40)10-13-27-20-29(21-36-24(27)2)42-22-28-17-19-37(28)34(41)43-35(3,4)5/h6-9,11-12,14-15,20-21,23,28H,16-19,22H2,1-5H3/t23-,28+/m1/s1. The molecule has 0 aliphatic carbocycles. The zero-order chi connectivity index (χ0) is 30.7. The predicted octanol–water partition coefficient (Wildman–Crippen LogP) is 5.77. The fourth-order valence-electron chi connectivity index (χ4n) is 5.01. The normalized spacial score (nSPS) is 16.6. The number of ether oxygens (including phenoxy) is 2. The number of carbonyl (C=O) groups is 3. The van der Waals surface area contributed by atoms with Crippen molar-refractivity contribution in [2.24, 2.45) is 0 Å². The van der Waals surface area contributed by atoms with Crippen LogP contribution < -0.4 is 4.74 Å². The molecule has 8 heteroatoms. The van der Waals surface area contributed by atoms with E-state index in [0.29, 0.717) is 43.0 Å².